The maximum atomic E-state index is 12.8. The van der Waals surface area contributed by atoms with Crippen molar-refractivity contribution in [3.63, 3.8) is 0 Å². The van der Waals surface area contributed by atoms with Crippen molar-refractivity contribution in [3.05, 3.63) is 63.3 Å². The third-order valence-electron chi connectivity index (χ3n) is 4.04. The molecule has 3 heterocycles. The van der Waals surface area contributed by atoms with Gasteiger partial charge in [-0.15, -0.1) is 22.7 Å². The van der Waals surface area contributed by atoms with Crippen molar-refractivity contribution in [1.29, 1.82) is 0 Å². The van der Waals surface area contributed by atoms with Crippen molar-refractivity contribution in [1.82, 2.24) is 9.29 Å². The van der Waals surface area contributed by atoms with Crippen LogP contribution in [0.4, 0.5) is 5.13 Å². The van der Waals surface area contributed by atoms with Gasteiger partial charge in [0, 0.05) is 17.8 Å². The van der Waals surface area contributed by atoms with E-state index >= 15 is 0 Å². The highest BCUT2D eigenvalue weighted by Gasteiger charge is 2.30. The highest BCUT2D eigenvalue weighted by Crippen LogP contribution is 2.31. The first kappa shape index (κ1) is 17.3. The fraction of sp³-hybridized carbons (Fsp3) is 0.176. The summed E-state index contributed by atoms with van der Waals surface area (Å²) in [6.45, 7) is 0.658. The summed E-state index contributed by atoms with van der Waals surface area (Å²) in [6.07, 6.45) is 0.534. The number of hydrogen-bond acceptors (Lipinski definition) is 6. The molecule has 0 fully saturated rings. The molecule has 2 aromatic heterocycles. The number of thiazole rings is 1. The van der Waals surface area contributed by atoms with Crippen LogP contribution in [0.2, 0.25) is 0 Å². The molecule has 0 atom stereocenters. The van der Waals surface area contributed by atoms with Crippen LogP contribution in [-0.4, -0.2) is 30.2 Å². The Morgan fingerprint density at radius 1 is 1.15 bits per heavy atom. The molecule has 1 aliphatic heterocycles. The average Bonchev–Trinajstić information content (AvgIpc) is 3.31. The zero-order valence-corrected chi connectivity index (χ0v) is 16.0. The lowest BCUT2D eigenvalue weighted by atomic mass is 10.2. The Morgan fingerprint density at radius 3 is 2.69 bits per heavy atom. The second kappa shape index (κ2) is 6.92. The van der Waals surface area contributed by atoms with Gasteiger partial charge in [0.25, 0.3) is 5.91 Å². The molecule has 134 valence electrons. The van der Waals surface area contributed by atoms with Gasteiger partial charge in [0.2, 0.25) is 10.0 Å². The van der Waals surface area contributed by atoms with E-state index in [1.807, 2.05) is 11.4 Å². The molecular formula is C17H15N3O3S3. The Balaban J connectivity index is 1.53. The molecule has 6 nitrogen and oxygen atoms in total. The summed E-state index contributed by atoms with van der Waals surface area (Å²) in [6, 6.07) is 12.0. The predicted octanol–water partition coefficient (Wildman–Crippen LogP) is 3.20. The summed E-state index contributed by atoms with van der Waals surface area (Å²) in [4.78, 5) is 18.4. The SMILES string of the molecule is O=C(Nc1nc2c(s1)CN(S(=O)(=O)c1ccccc1)CC2)c1cccs1. The summed E-state index contributed by atoms with van der Waals surface area (Å²) in [5, 5.41) is 5.15. The van der Waals surface area contributed by atoms with E-state index in [0.29, 0.717) is 27.9 Å². The smallest absolute Gasteiger partial charge is 0.267 e. The van der Waals surface area contributed by atoms with E-state index in [4.69, 9.17) is 0 Å². The standard InChI is InChI=1S/C17H15N3O3S3/c21-16(14-7-4-10-24-14)19-17-18-13-8-9-20(11-15(13)25-17)26(22,23)12-5-2-1-3-6-12/h1-7,10H,8-9,11H2,(H,18,19,21). The minimum absolute atomic E-state index is 0.195. The lowest BCUT2D eigenvalue weighted by Crippen LogP contribution is -2.35. The molecule has 4 rings (SSSR count). The number of aromatic nitrogens is 1. The van der Waals surface area contributed by atoms with Gasteiger partial charge in [0.05, 0.1) is 22.0 Å². The van der Waals surface area contributed by atoms with Gasteiger partial charge >= 0.3 is 0 Å². The summed E-state index contributed by atoms with van der Waals surface area (Å²) in [5.41, 5.74) is 0.857. The number of fused-ring (bicyclic) bond motifs is 1. The number of carbonyl (C=O) groups is 1. The fourth-order valence-corrected chi connectivity index (χ4v) is 5.89. The van der Waals surface area contributed by atoms with Crippen LogP contribution < -0.4 is 5.32 Å². The number of rotatable bonds is 4. The number of benzene rings is 1. The van der Waals surface area contributed by atoms with Crippen molar-refractivity contribution >= 4 is 43.7 Å². The van der Waals surface area contributed by atoms with Crippen molar-refractivity contribution in [2.75, 3.05) is 11.9 Å². The maximum absolute atomic E-state index is 12.8. The molecule has 1 amide bonds. The number of anilines is 1. The van der Waals surface area contributed by atoms with E-state index in [1.165, 1.54) is 27.0 Å². The normalized spacial score (nSPS) is 14.8. The van der Waals surface area contributed by atoms with Crippen LogP contribution in [-0.2, 0) is 23.0 Å². The number of thiophene rings is 1. The van der Waals surface area contributed by atoms with Gasteiger partial charge in [-0.25, -0.2) is 13.4 Å². The molecule has 0 unspecified atom stereocenters. The van der Waals surface area contributed by atoms with Gasteiger partial charge in [0.15, 0.2) is 5.13 Å². The van der Waals surface area contributed by atoms with Gasteiger partial charge in [-0.1, -0.05) is 24.3 Å². The highest BCUT2D eigenvalue weighted by atomic mass is 32.2. The number of carbonyl (C=O) groups excluding carboxylic acids is 1. The van der Waals surface area contributed by atoms with E-state index in [1.54, 1.807) is 36.4 Å². The van der Waals surface area contributed by atoms with E-state index in [2.05, 4.69) is 10.3 Å². The molecular weight excluding hydrogens is 390 g/mol. The monoisotopic (exact) mass is 405 g/mol. The van der Waals surface area contributed by atoms with E-state index in [0.717, 1.165) is 10.6 Å². The quantitative estimate of drug-likeness (QED) is 0.723. The van der Waals surface area contributed by atoms with Gasteiger partial charge < -0.3 is 0 Å². The molecule has 1 N–H and O–H groups in total. The molecule has 0 bridgehead atoms. The van der Waals surface area contributed by atoms with Crippen LogP contribution in [0.5, 0.6) is 0 Å². The number of hydrogen-bond donors (Lipinski definition) is 1. The van der Waals surface area contributed by atoms with Crippen molar-refractivity contribution in [2.24, 2.45) is 0 Å². The van der Waals surface area contributed by atoms with E-state index in [-0.39, 0.29) is 12.5 Å². The maximum Gasteiger partial charge on any atom is 0.267 e. The van der Waals surface area contributed by atoms with Crippen LogP contribution in [0.3, 0.4) is 0 Å². The van der Waals surface area contributed by atoms with Crippen LogP contribution in [0, 0.1) is 0 Å². The minimum atomic E-state index is -3.53. The fourth-order valence-electron chi connectivity index (χ4n) is 2.74. The lowest BCUT2D eigenvalue weighted by molar-refractivity contribution is 0.103. The van der Waals surface area contributed by atoms with Crippen molar-refractivity contribution in [2.45, 2.75) is 17.9 Å². The predicted molar refractivity (Wildman–Crippen MR) is 102 cm³/mol. The summed E-state index contributed by atoms with van der Waals surface area (Å²) >= 11 is 2.70. The highest BCUT2D eigenvalue weighted by molar-refractivity contribution is 7.89. The Labute approximate surface area is 159 Å². The summed E-state index contributed by atoms with van der Waals surface area (Å²) in [5.74, 6) is -0.195. The molecule has 0 saturated heterocycles. The van der Waals surface area contributed by atoms with Crippen molar-refractivity contribution < 1.29 is 13.2 Å². The molecule has 0 radical (unpaired) electrons. The number of nitrogens with one attached hydrogen (secondary N) is 1. The average molecular weight is 406 g/mol. The van der Waals surface area contributed by atoms with Gasteiger partial charge in [-0.2, -0.15) is 4.31 Å². The van der Waals surface area contributed by atoms with E-state index < -0.39 is 10.0 Å². The van der Waals surface area contributed by atoms with E-state index in [9.17, 15) is 13.2 Å². The van der Waals surface area contributed by atoms with Crippen LogP contribution >= 0.6 is 22.7 Å². The van der Waals surface area contributed by atoms with Gasteiger partial charge in [-0.3, -0.25) is 10.1 Å². The van der Waals surface area contributed by atoms with Gasteiger partial charge in [0.1, 0.15) is 0 Å². The number of amides is 1. The van der Waals surface area contributed by atoms with Crippen LogP contribution in [0.1, 0.15) is 20.2 Å². The zero-order valence-electron chi connectivity index (χ0n) is 13.6. The molecule has 9 heteroatoms. The Bertz CT molecular complexity index is 1030. The molecule has 1 aromatic carbocycles. The van der Waals surface area contributed by atoms with Crippen LogP contribution in [0.15, 0.2) is 52.7 Å². The van der Waals surface area contributed by atoms with Crippen molar-refractivity contribution in [3.8, 4) is 0 Å². The largest absolute Gasteiger partial charge is 0.297 e. The number of nitrogens with zero attached hydrogens (tertiary/aromatic N) is 2. The molecule has 26 heavy (non-hydrogen) atoms. The van der Waals surface area contributed by atoms with Gasteiger partial charge in [-0.05, 0) is 23.6 Å². The second-order valence-corrected chi connectivity index (χ2v) is 9.69. The summed E-state index contributed by atoms with van der Waals surface area (Å²) in [7, 11) is -3.53. The molecule has 0 saturated carbocycles. The second-order valence-electron chi connectivity index (χ2n) is 5.72. The van der Waals surface area contributed by atoms with Crippen LogP contribution in [0.25, 0.3) is 0 Å². The summed E-state index contributed by atoms with van der Waals surface area (Å²) < 4.78 is 27.0. The molecule has 0 aliphatic carbocycles. The third kappa shape index (κ3) is 3.30. The Morgan fingerprint density at radius 2 is 1.96 bits per heavy atom. The minimum Gasteiger partial charge on any atom is -0.297 e. The molecule has 3 aromatic rings. The molecule has 0 spiro atoms. The Hall–Kier alpha value is -2.07. The third-order valence-corrected chi connectivity index (χ3v) is 7.77. The lowest BCUT2D eigenvalue weighted by Gasteiger charge is -2.25. The topological polar surface area (TPSA) is 79.4 Å². The first-order valence-electron chi connectivity index (χ1n) is 7.93. The number of sulfonamides is 1. The first-order valence-corrected chi connectivity index (χ1v) is 11.1. The first-order chi connectivity index (χ1) is 12.5. The zero-order chi connectivity index (χ0) is 18.1. The Kier molecular flexibility index (Phi) is 4.62. The molecule has 1 aliphatic rings.